The van der Waals surface area contributed by atoms with Gasteiger partial charge in [-0.3, -0.25) is 14.9 Å². The van der Waals surface area contributed by atoms with Crippen molar-refractivity contribution in [3.63, 3.8) is 0 Å². The van der Waals surface area contributed by atoms with Gasteiger partial charge in [0.05, 0.1) is 4.92 Å². The van der Waals surface area contributed by atoms with E-state index in [4.69, 9.17) is 0 Å². The van der Waals surface area contributed by atoms with Crippen molar-refractivity contribution in [1.82, 2.24) is 0 Å². The quantitative estimate of drug-likeness (QED) is 0.275. The van der Waals surface area contributed by atoms with E-state index in [0.717, 1.165) is 0 Å². The van der Waals surface area contributed by atoms with Crippen LogP contribution in [0.25, 0.3) is 0 Å². The smallest absolute Gasteiger partial charge is 0.287 e. The second-order valence-electron chi connectivity index (χ2n) is 1.58. The first kappa shape index (κ1) is 9.29. The lowest BCUT2D eigenvalue weighted by Gasteiger charge is -2.03. The zero-order valence-corrected chi connectivity index (χ0v) is 5.89. The molecule has 0 aliphatic carbocycles. The van der Waals surface area contributed by atoms with Gasteiger partial charge in [0.15, 0.2) is 0 Å². The first-order valence-corrected chi connectivity index (χ1v) is 2.86. The van der Waals surface area contributed by atoms with Crippen molar-refractivity contribution in [3.8, 4) is 0 Å². The fourth-order valence-corrected chi connectivity index (χ4v) is 0.448. The highest BCUT2D eigenvalue weighted by Crippen LogP contribution is 2.20. The van der Waals surface area contributed by atoms with Gasteiger partial charge in [0.2, 0.25) is 0 Å². The number of rotatable bonds is 3. The monoisotopic (exact) mass is 169 g/mol. The van der Waals surface area contributed by atoms with E-state index in [1.807, 2.05) is 0 Å². The van der Waals surface area contributed by atoms with Gasteiger partial charge in [0, 0.05) is 18.0 Å². The van der Waals surface area contributed by atoms with Crippen LogP contribution >= 0.6 is 11.6 Å². The maximum absolute atomic E-state index is 12.3. The largest absolute Gasteiger partial charge is 0.497 e. The summed E-state index contributed by atoms with van der Waals surface area (Å²) in [6.45, 7) is 1.29. The minimum absolute atomic E-state index is 0.291. The summed E-state index contributed by atoms with van der Waals surface area (Å²) in [5.74, 6) is -1.24. The number of hydrogen-bond acceptors (Lipinski definition) is 3. The molecule has 0 fully saturated rings. The number of hydrogen-bond donors (Lipinski definition) is 0. The molecule has 0 bridgehead atoms. The molecule has 0 rings (SSSR count). The summed E-state index contributed by atoms with van der Waals surface area (Å²) in [5.41, 5.74) is 0. The molecule has 0 aromatic rings. The van der Waals surface area contributed by atoms with Gasteiger partial charge in [-0.05, 0) is 0 Å². The average Bonchev–Trinajstić information content (AvgIpc) is 1.86. The Bertz CT molecular complexity index is 170. The van der Waals surface area contributed by atoms with Crippen molar-refractivity contribution in [2.45, 2.75) is 18.6 Å². The lowest BCUT2D eigenvalue weighted by atomic mass is 10.3. The van der Waals surface area contributed by atoms with Crippen LogP contribution in [-0.2, 0) is 4.79 Å². The lowest BCUT2D eigenvalue weighted by Crippen LogP contribution is -2.35. The molecule has 0 heterocycles. The minimum Gasteiger partial charge on any atom is -0.287 e. The third-order valence-corrected chi connectivity index (χ3v) is 1.23. The van der Waals surface area contributed by atoms with Crippen LogP contribution in [0.2, 0.25) is 0 Å². The zero-order chi connectivity index (χ0) is 8.36. The molecule has 58 valence electrons. The molecule has 0 radical (unpaired) electrons. The van der Waals surface area contributed by atoms with E-state index in [2.05, 4.69) is 11.6 Å². The second-order valence-corrected chi connectivity index (χ2v) is 2.08. The average molecular weight is 170 g/mol. The van der Waals surface area contributed by atoms with Crippen LogP contribution in [0.3, 0.4) is 0 Å². The number of nitro groups is 1. The van der Waals surface area contributed by atoms with Gasteiger partial charge in [-0.15, -0.1) is 4.39 Å². The molecule has 0 amide bonds. The second kappa shape index (κ2) is 2.92. The maximum atomic E-state index is 12.3. The summed E-state index contributed by atoms with van der Waals surface area (Å²) in [7, 11) is 0. The number of carbonyl (C=O) groups excluding carboxylic acids is 1. The number of carbonyl (C=O) groups is 1. The van der Waals surface area contributed by atoms with Gasteiger partial charge in [-0.2, -0.15) is 0 Å². The van der Waals surface area contributed by atoms with Crippen molar-refractivity contribution in [1.29, 1.82) is 0 Å². The number of alkyl halides is 2. The third kappa shape index (κ3) is 1.63. The van der Waals surface area contributed by atoms with Crippen LogP contribution in [0.4, 0.5) is 4.39 Å². The Balaban J connectivity index is 4.40. The summed E-state index contributed by atoms with van der Waals surface area (Å²) in [4.78, 5) is 18.6. The number of halogens is 2. The Morgan fingerprint density at radius 3 is 2.40 bits per heavy atom. The van der Waals surface area contributed by atoms with E-state index in [-0.39, 0.29) is 6.42 Å². The van der Waals surface area contributed by atoms with Crippen LogP contribution in [0.15, 0.2) is 0 Å². The topological polar surface area (TPSA) is 60.2 Å². The van der Waals surface area contributed by atoms with Gasteiger partial charge >= 0.3 is 5.25 Å². The SMILES string of the molecule is CCC(=O)C(F)(Cl)[N+](=O)[O-]. The molecule has 0 saturated heterocycles. The molecule has 0 spiro atoms. The Morgan fingerprint density at radius 1 is 1.90 bits per heavy atom. The summed E-state index contributed by atoms with van der Waals surface area (Å²) >= 11 is 4.61. The highest BCUT2D eigenvalue weighted by molar-refractivity contribution is 6.32. The Kier molecular flexibility index (Phi) is 2.71. The molecule has 6 heteroatoms. The zero-order valence-electron chi connectivity index (χ0n) is 5.13. The predicted octanol–water partition coefficient (Wildman–Crippen LogP) is 1.10. The highest BCUT2D eigenvalue weighted by Gasteiger charge is 2.48. The summed E-state index contributed by atoms with van der Waals surface area (Å²) < 4.78 is 12.3. The van der Waals surface area contributed by atoms with Crippen molar-refractivity contribution in [2.24, 2.45) is 0 Å². The first-order valence-electron chi connectivity index (χ1n) is 2.48. The number of ketones is 1. The van der Waals surface area contributed by atoms with Crippen molar-refractivity contribution >= 4 is 17.4 Å². The molecule has 10 heavy (non-hydrogen) atoms. The lowest BCUT2D eigenvalue weighted by molar-refractivity contribution is -0.556. The van der Waals surface area contributed by atoms with E-state index in [1.54, 1.807) is 0 Å². The van der Waals surface area contributed by atoms with Crippen LogP contribution < -0.4 is 0 Å². The first-order chi connectivity index (χ1) is 4.42. The Labute approximate surface area is 61.1 Å². The van der Waals surface area contributed by atoms with Crippen LogP contribution in [0.1, 0.15) is 13.3 Å². The highest BCUT2D eigenvalue weighted by atomic mass is 35.5. The maximum Gasteiger partial charge on any atom is 0.497 e. The molecule has 0 N–H and O–H groups in total. The van der Waals surface area contributed by atoms with E-state index in [9.17, 15) is 19.3 Å². The fourth-order valence-electron chi connectivity index (χ4n) is 0.315. The minimum atomic E-state index is -3.44. The number of nitrogens with zero attached hydrogens (tertiary/aromatic N) is 1. The van der Waals surface area contributed by atoms with Gasteiger partial charge in [-0.1, -0.05) is 6.92 Å². The molecule has 4 nitrogen and oxygen atoms in total. The number of Topliss-reactive ketones (excluding diaryl/α,β-unsaturated/α-hetero) is 1. The van der Waals surface area contributed by atoms with Crippen molar-refractivity contribution < 1.29 is 14.1 Å². The standard InChI is InChI=1S/C4H5ClFNO3/c1-2-3(8)4(5,6)7(9)10/h2H2,1H3. The molecule has 0 aliphatic rings. The third-order valence-electron chi connectivity index (χ3n) is 0.886. The normalized spacial score (nSPS) is 15.9. The Morgan fingerprint density at radius 2 is 2.30 bits per heavy atom. The van der Waals surface area contributed by atoms with Gasteiger partial charge in [0.1, 0.15) is 0 Å². The molecule has 0 aliphatic heterocycles. The molecular formula is C4H5ClFNO3. The van der Waals surface area contributed by atoms with Gasteiger partial charge in [0.25, 0.3) is 5.78 Å². The molecule has 0 saturated carbocycles. The summed E-state index contributed by atoms with van der Waals surface area (Å²) in [6, 6.07) is 0. The Hall–Kier alpha value is -0.710. The van der Waals surface area contributed by atoms with Crippen LogP contribution in [-0.4, -0.2) is 16.0 Å². The van der Waals surface area contributed by atoms with Crippen molar-refractivity contribution in [3.05, 3.63) is 10.1 Å². The summed E-state index contributed by atoms with van der Waals surface area (Å²) in [6.07, 6.45) is -0.291. The molecule has 1 unspecified atom stereocenters. The predicted molar refractivity (Wildman–Crippen MR) is 32.0 cm³/mol. The van der Waals surface area contributed by atoms with E-state index >= 15 is 0 Å². The van der Waals surface area contributed by atoms with Crippen LogP contribution in [0, 0.1) is 10.1 Å². The van der Waals surface area contributed by atoms with E-state index < -0.39 is 16.0 Å². The molecule has 0 aromatic heterocycles. The van der Waals surface area contributed by atoms with Crippen LogP contribution in [0.5, 0.6) is 0 Å². The fraction of sp³-hybridized carbons (Fsp3) is 0.750. The summed E-state index contributed by atoms with van der Waals surface area (Å²) in [5, 5.41) is 6.26. The molecular weight excluding hydrogens is 164 g/mol. The molecule has 0 aromatic carbocycles. The van der Waals surface area contributed by atoms with E-state index in [1.165, 1.54) is 6.92 Å². The van der Waals surface area contributed by atoms with Gasteiger partial charge in [-0.25, -0.2) is 0 Å². The van der Waals surface area contributed by atoms with E-state index in [0.29, 0.717) is 0 Å². The van der Waals surface area contributed by atoms with Gasteiger partial charge < -0.3 is 0 Å². The molecule has 1 atom stereocenters. The van der Waals surface area contributed by atoms with Crippen molar-refractivity contribution in [2.75, 3.05) is 0 Å².